The average Bonchev–Trinajstić information content (AvgIpc) is 2.74. The second kappa shape index (κ2) is 9.84. The number of carbonyl (C=O) groups excluding carboxylic acids is 2. The van der Waals surface area contributed by atoms with Crippen LogP contribution in [0.2, 0.25) is 0 Å². The summed E-state index contributed by atoms with van der Waals surface area (Å²) in [7, 11) is -3.72. The zero-order valence-electron chi connectivity index (χ0n) is 16.7. The molecule has 9 heteroatoms. The molecule has 0 radical (unpaired) electrons. The van der Waals surface area contributed by atoms with Gasteiger partial charge in [-0.05, 0) is 29.7 Å². The Morgan fingerprint density at radius 2 is 1.53 bits per heavy atom. The van der Waals surface area contributed by atoms with Gasteiger partial charge < -0.3 is 10.2 Å². The first-order valence-electron chi connectivity index (χ1n) is 9.78. The number of hydrogen-bond acceptors (Lipinski definition) is 5. The van der Waals surface area contributed by atoms with Crippen LogP contribution < -0.4 is 10.5 Å². The quantitative estimate of drug-likeness (QED) is 0.642. The van der Waals surface area contributed by atoms with Gasteiger partial charge in [0.2, 0.25) is 10.0 Å². The Kier molecular flexibility index (Phi) is 7.20. The van der Waals surface area contributed by atoms with E-state index in [0.717, 1.165) is 25.2 Å². The molecule has 0 atom stereocenters. The molecule has 1 heterocycles. The number of rotatable bonds is 6. The van der Waals surface area contributed by atoms with E-state index < -0.39 is 21.8 Å². The van der Waals surface area contributed by atoms with Crippen LogP contribution >= 0.6 is 0 Å². The fourth-order valence-electron chi connectivity index (χ4n) is 3.34. The molecule has 0 saturated carbocycles. The lowest BCUT2D eigenvalue weighted by molar-refractivity contribution is -0.147. The number of nitrogens with one attached hydrogen (secondary N) is 1. The molecule has 2 aromatic rings. The lowest BCUT2D eigenvalue weighted by Gasteiger charge is -2.34. The monoisotopic (exact) mass is 430 g/mol. The smallest absolute Gasteiger partial charge is 0.311 e. The van der Waals surface area contributed by atoms with Crippen molar-refractivity contribution in [3.05, 3.63) is 65.7 Å². The number of nitrogens with two attached hydrogens (primary N) is 1. The minimum Gasteiger partial charge on any atom is -0.347 e. The number of amides is 2. The van der Waals surface area contributed by atoms with Crippen molar-refractivity contribution in [3.63, 3.8) is 0 Å². The van der Waals surface area contributed by atoms with Gasteiger partial charge >= 0.3 is 11.8 Å². The second-order valence-corrected chi connectivity index (χ2v) is 8.81. The van der Waals surface area contributed by atoms with E-state index in [1.54, 1.807) is 17.0 Å². The topological polar surface area (TPSA) is 113 Å². The first-order chi connectivity index (χ1) is 14.3. The first kappa shape index (κ1) is 21.9. The average molecular weight is 431 g/mol. The summed E-state index contributed by atoms with van der Waals surface area (Å²) in [5.41, 5.74) is 2.07. The number of sulfonamides is 1. The van der Waals surface area contributed by atoms with Crippen molar-refractivity contribution in [1.82, 2.24) is 15.1 Å². The van der Waals surface area contributed by atoms with Crippen LogP contribution in [0.15, 0.2) is 59.5 Å². The number of primary sulfonamides is 1. The molecule has 1 aliphatic rings. The van der Waals surface area contributed by atoms with Gasteiger partial charge in [0.15, 0.2) is 0 Å². The van der Waals surface area contributed by atoms with Crippen molar-refractivity contribution >= 4 is 21.8 Å². The lowest BCUT2D eigenvalue weighted by Crippen LogP contribution is -2.52. The van der Waals surface area contributed by atoms with Crippen LogP contribution in [0, 0.1) is 0 Å². The van der Waals surface area contributed by atoms with Gasteiger partial charge in [-0.25, -0.2) is 13.6 Å². The van der Waals surface area contributed by atoms with Crippen molar-refractivity contribution in [2.24, 2.45) is 5.14 Å². The van der Waals surface area contributed by atoms with Crippen molar-refractivity contribution < 1.29 is 18.0 Å². The van der Waals surface area contributed by atoms with E-state index in [-0.39, 0.29) is 11.4 Å². The lowest BCUT2D eigenvalue weighted by atomic mass is 10.1. The standard InChI is InChI=1S/C21H26N4O4S/c22-30(28,29)19-8-6-17(7-9-19)10-11-23-20(26)21(27)25-14-12-24(13-15-25)16-18-4-2-1-3-5-18/h1-9H,10-16H2,(H,23,26)(H2,22,28,29). The van der Waals surface area contributed by atoms with Crippen LogP contribution in [-0.4, -0.2) is 62.8 Å². The normalized spacial score (nSPS) is 15.0. The zero-order chi connectivity index (χ0) is 21.6. The number of hydrogen-bond donors (Lipinski definition) is 2. The maximum Gasteiger partial charge on any atom is 0.311 e. The first-order valence-corrected chi connectivity index (χ1v) is 11.3. The fraction of sp³-hybridized carbons (Fsp3) is 0.333. The maximum absolute atomic E-state index is 12.4. The molecular weight excluding hydrogens is 404 g/mol. The fourth-order valence-corrected chi connectivity index (χ4v) is 3.85. The molecule has 3 N–H and O–H groups in total. The Morgan fingerprint density at radius 3 is 2.13 bits per heavy atom. The molecule has 0 unspecified atom stereocenters. The molecule has 2 amide bonds. The van der Waals surface area contributed by atoms with Gasteiger partial charge in [-0.3, -0.25) is 14.5 Å². The van der Waals surface area contributed by atoms with Crippen LogP contribution in [0.5, 0.6) is 0 Å². The molecule has 8 nitrogen and oxygen atoms in total. The Bertz CT molecular complexity index is 970. The molecule has 0 aliphatic carbocycles. The highest BCUT2D eigenvalue weighted by Crippen LogP contribution is 2.10. The van der Waals surface area contributed by atoms with Crippen LogP contribution in [0.25, 0.3) is 0 Å². The van der Waals surface area contributed by atoms with Gasteiger partial charge in [0, 0.05) is 39.3 Å². The maximum atomic E-state index is 12.4. The van der Waals surface area contributed by atoms with Crippen molar-refractivity contribution in [2.45, 2.75) is 17.9 Å². The highest BCUT2D eigenvalue weighted by molar-refractivity contribution is 7.89. The number of carbonyl (C=O) groups is 2. The predicted octanol–water partition coefficient (Wildman–Crippen LogP) is 0.337. The van der Waals surface area contributed by atoms with E-state index in [0.29, 0.717) is 19.5 Å². The Labute approximate surface area is 176 Å². The molecule has 160 valence electrons. The van der Waals surface area contributed by atoms with Crippen LogP contribution in [0.3, 0.4) is 0 Å². The molecule has 0 bridgehead atoms. The summed E-state index contributed by atoms with van der Waals surface area (Å²) in [6.45, 7) is 3.61. The van der Waals surface area contributed by atoms with Gasteiger partial charge in [0.25, 0.3) is 0 Å². The summed E-state index contributed by atoms with van der Waals surface area (Å²) in [5.74, 6) is -1.13. The van der Waals surface area contributed by atoms with Gasteiger partial charge in [-0.15, -0.1) is 0 Å². The predicted molar refractivity (Wildman–Crippen MR) is 113 cm³/mol. The summed E-state index contributed by atoms with van der Waals surface area (Å²) >= 11 is 0. The summed E-state index contributed by atoms with van der Waals surface area (Å²) in [6.07, 6.45) is 0.481. The number of nitrogens with zero attached hydrogens (tertiary/aromatic N) is 2. The highest BCUT2D eigenvalue weighted by Gasteiger charge is 2.25. The summed E-state index contributed by atoms with van der Waals surface area (Å²) in [4.78, 5) is 28.4. The third-order valence-corrected chi connectivity index (χ3v) is 5.98. The molecular formula is C21H26N4O4S. The number of piperazine rings is 1. The van der Waals surface area contributed by atoms with Gasteiger partial charge in [0.1, 0.15) is 0 Å². The van der Waals surface area contributed by atoms with Gasteiger partial charge in [0.05, 0.1) is 4.90 Å². The van der Waals surface area contributed by atoms with E-state index in [1.807, 2.05) is 18.2 Å². The van der Waals surface area contributed by atoms with Gasteiger partial charge in [-0.2, -0.15) is 0 Å². The molecule has 3 rings (SSSR count). The van der Waals surface area contributed by atoms with Crippen molar-refractivity contribution in [3.8, 4) is 0 Å². The van der Waals surface area contributed by atoms with E-state index >= 15 is 0 Å². The molecule has 1 aliphatic heterocycles. The Balaban J connectivity index is 1.40. The highest BCUT2D eigenvalue weighted by atomic mass is 32.2. The molecule has 0 spiro atoms. The number of benzene rings is 2. The van der Waals surface area contributed by atoms with E-state index in [9.17, 15) is 18.0 Å². The Hall–Kier alpha value is -2.75. The van der Waals surface area contributed by atoms with E-state index in [1.165, 1.54) is 17.7 Å². The van der Waals surface area contributed by atoms with Crippen molar-refractivity contribution in [1.29, 1.82) is 0 Å². The van der Waals surface area contributed by atoms with E-state index in [2.05, 4.69) is 22.3 Å². The molecule has 0 aromatic heterocycles. The summed E-state index contributed by atoms with van der Waals surface area (Å²) in [5, 5.41) is 7.71. The van der Waals surface area contributed by atoms with Crippen LogP contribution in [-0.2, 0) is 32.6 Å². The minimum absolute atomic E-state index is 0.0388. The molecule has 2 aromatic carbocycles. The van der Waals surface area contributed by atoms with Gasteiger partial charge in [-0.1, -0.05) is 42.5 Å². The van der Waals surface area contributed by atoms with Crippen molar-refractivity contribution in [2.75, 3.05) is 32.7 Å². The van der Waals surface area contributed by atoms with Crippen LogP contribution in [0.1, 0.15) is 11.1 Å². The van der Waals surface area contributed by atoms with Crippen LogP contribution in [0.4, 0.5) is 0 Å². The van der Waals surface area contributed by atoms with E-state index in [4.69, 9.17) is 5.14 Å². The second-order valence-electron chi connectivity index (χ2n) is 7.25. The largest absolute Gasteiger partial charge is 0.347 e. The molecule has 1 saturated heterocycles. The summed E-state index contributed by atoms with van der Waals surface area (Å²) < 4.78 is 22.5. The Morgan fingerprint density at radius 1 is 0.900 bits per heavy atom. The third-order valence-electron chi connectivity index (χ3n) is 5.05. The zero-order valence-corrected chi connectivity index (χ0v) is 17.5. The minimum atomic E-state index is -3.72. The SMILES string of the molecule is NS(=O)(=O)c1ccc(CCNC(=O)C(=O)N2CCN(Cc3ccccc3)CC2)cc1. The third kappa shape index (κ3) is 6.12. The molecule has 30 heavy (non-hydrogen) atoms. The molecule has 1 fully saturated rings. The summed E-state index contributed by atoms with van der Waals surface area (Å²) in [6, 6.07) is 16.3.